The number of nitrogens with one attached hydrogen (secondary N) is 2. The molecular formula is C22H29IN6O2. The van der Waals surface area contributed by atoms with Crippen LogP contribution in [0.4, 0.5) is 0 Å². The third kappa shape index (κ3) is 6.84. The first kappa shape index (κ1) is 24.4. The molecule has 0 saturated heterocycles. The number of guanidine groups is 1. The Kier molecular flexibility index (Phi) is 9.57. The van der Waals surface area contributed by atoms with Crippen molar-refractivity contribution in [1.29, 1.82) is 0 Å². The molecule has 166 valence electrons. The van der Waals surface area contributed by atoms with Gasteiger partial charge in [0, 0.05) is 25.2 Å². The van der Waals surface area contributed by atoms with E-state index in [4.69, 9.17) is 14.5 Å². The molecule has 8 nitrogen and oxygen atoms in total. The van der Waals surface area contributed by atoms with Gasteiger partial charge < -0.3 is 24.7 Å². The molecule has 0 saturated carbocycles. The molecule has 3 aromatic rings. The maximum absolute atomic E-state index is 5.50. The first-order valence-electron chi connectivity index (χ1n) is 9.72. The Labute approximate surface area is 200 Å². The largest absolute Gasteiger partial charge is 0.497 e. The van der Waals surface area contributed by atoms with Gasteiger partial charge in [-0.05, 0) is 24.6 Å². The van der Waals surface area contributed by atoms with Gasteiger partial charge in [-0.2, -0.15) is 0 Å². The first-order chi connectivity index (χ1) is 14.6. The fraction of sp³-hybridized carbons (Fsp3) is 0.318. The van der Waals surface area contributed by atoms with Gasteiger partial charge in [0.05, 0.1) is 27.3 Å². The number of aromatic nitrogens is 3. The number of methoxy groups -OCH3 is 2. The molecule has 2 aromatic carbocycles. The lowest BCUT2D eigenvalue weighted by Crippen LogP contribution is -2.37. The standard InChI is InChI=1S/C22H28N6O2.HI/c1-16-26-27-21(28(16)2)15-25-22(23-13-17-8-6-5-7-9-17)24-14-18-10-11-19(29-3)12-20(18)30-4;/h5-12H,13-15H2,1-4H3,(H2,23,24,25);1H. The Bertz CT molecular complexity index is 991. The minimum Gasteiger partial charge on any atom is -0.497 e. The van der Waals surface area contributed by atoms with E-state index in [1.54, 1.807) is 14.2 Å². The van der Waals surface area contributed by atoms with Gasteiger partial charge in [-0.1, -0.05) is 30.3 Å². The van der Waals surface area contributed by atoms with Crippen LogP contribution in [-0.2, 0) is 26.7 Å². The highest BCUT2D eigenvalue weighted by molar-refractivity contribution is 14.0. The normalized spacial score (nSPS) is 10.9. The molecule has 0 aliphatic carbocycles. The molecule has 0 unspecified atom stereocenters. The number of ether oxygens (including phenoxy) is 2. The van der Waals surface area contributed by atoms with Crippen molar-refractivity contribution >= 4 is 29.9 Å². The van der Waals surface area contributed by atoms with E-state index in [1.807, 2.05) is 54.9 Å². The number of rotatable bonds is 8. The molecule has 0 aliphatic heterocycles. The molecule has 0 fully saturated rings. The second-order valence-corrected chi connectivity index (χ2v) is 6.76. The Morgan fingerprint density at radius 2 is 1.74 bits per heavy atom. The Balaban J connectivity index is 0.00000341. The fourth-order valence-corrected chi connectivity index (χ4v) is 2.87. The van der Waals surface area contributed by atoms with E-state index in [9.17, 15) is 0 Å². The summed E-state index contributed by atoms with van der Waals surface area (Å²) in [6.07, 6.45) is 0. The molecule has 2 N–H and O–H groups in total. The third-order valence-corrected chi connectivity index (χ3v) is 4.80. The van der Waals surface area contributed by atoms with Crippen molar-refractivity contribution in [1.82, 2.24) is 25.4 Å². The molecule has 1 heterocycles. The van der Waals surface area contributed by atoms with E-state index < -0.39 is 0 Å². The van der Waals surface area contributed by atoms with Gasteiger partial charge in [-0.15, -0.1) is 34.2 Å². The van der Waals surface area contributed by atoms with Crippen molar-refractivity contribution in [2.75, 3.05) is 14.2 Å². The van der Waals surface area contributed by atoms with Crippen LogP contribution in [-0.4, -0.2) is 34.9 Å². The zero-order valence-corrected chi connectivity index (χ0v) is 20.6. The van der Waals surface area contributed by atoms with Crippen LogP contribution in [0.5, 0.6) is 11.5 Å². The summed E-state index contributed by atoms with van der Waals surface area (Å²) in [6.45, 7) is 3.55. The highest BCUT2D eigenvalue weighted by Crippen LogP contribution is 2.24. The number of aliphatic imine (C=N–C) groups is 1. The summed E-state index contributed by atoms with van der Waals surface area (Å²) in [4.78, 5) is 4.72. The highest BCUT2D eigenvalue weighted by atomic mass is 127. The monoisotopic (exact) mass is 536 g/mol. The van der Waals surface area contributed by atoms with Gasteiger partial charge in [0.2, 0.25) is 0 Å². The van der Waals surface area contributed by atoms with Crippen molar-refractivity contribution < 1.29 is 9.47 Å². The molecule has 0 atom stereocenters. The molecular weight excluding hydrogens is 507 g/mol. The maximum atomic E-state index is 5.50. The van der Waals surface area contributed by atoms with Gasteiger partial charge in [-0.3, -0.25) is 0 Å². The van der Waals surface area contributed by atoms with E-state index in [-0.39, 0.29) is 24.0 Å². The van der Waals surface area contributed by atoms with Crippen molar-refractivity contribution in [3.8, 4) is 11.5 Å². The molecule has 1 aromatic heterocycles. The second kappa shape index (κ2) is 12.1. The quantitative estimate of drug-likeness (QED) is 0.262. The molecule has 0 bridgehead atoms. The summed E-state index contributed by atoms with van der Waals surface area (Å²) in [5.41, 5.74) is 2.14. The number of hydrogen-bond acceptors (Lipinski definition) is 5. The third-order valence-electron chi connectivity index (χ3n) is 4.80. The number of aryl methyl sites for hydroxylation is 1. The van der Waals surface area contributed by atoms with Gasteiger partial charge in [-0.25, -0.2) is 4.99 Å². The Morgan fingerprint density at radius 1 is 1.00 bits per heavy atom. The van der Waals surface area contributed by atoms with E-state index >= 15 is 0 Å². The van der Waals surface area contributed by atoms with Crippen LogP contribution in [0.3, 0.4) is 0 Å². The molecule has 0 radical (unpaired) electrons. The molecule has 0 aliphatic rings. The van der Waals surface area contributed by atoms with Crippen LogP contribution < -0.4 is 20.1 Å². The average molecular weight is 536 g/mol. The fourth-order valence-electron chi connectivity index (χ4n) is 2.87. The topological polar surface area (TPSA) is 85.6 Å². The number of nitrogens with zero attached hydrogens (tertiary/aromatic N) is 4. The van der Waals surface area contributed by atoms with E-state index in [0.29, 0.717) is 25.6 Å². The molecule has 3 rings (SSSR count). The van der Waals surface area contributed by atoms with E-state index in [2.05, 4.69) is 33.0 Å². The number of halogens is 1. The second-order valence-electron chi connectivity index (χ2n) is 6.76. The summed E-state index contributed by atoms with van der Waals surface area (Å²) in [5, 5.41) is 15.0. The number of hydrogen-bond donors (Lipinski definition) is 2. The predicted octanol–water partition coefficient (Wildman–Crippen LogP) is 3.19. The van der Waals surface area contributed by atoms with Crippen molar-refractivity contribution in [3.63, 3.8) is 0 Å². The van der Waals surface area contributed by atoms with E-state index in [0.717, 1.165) is 34.3 Å². The summed E-state index contributed by atoms with van der Waals surface area (Å²) in [6, 6.07) is 15.9. The van der Waals surface area contributed by atoms with Gasteiger partial charge in [0.25, 0.3) is 0 Å². The lowest BCUT2D eigenvalue weighted by atomic mass is 10.2. The lowest BCUT2D eigenvalue weighted by molar-refractivity contribution is 0.390. The SMILES string of the molecule is COc1ccc(CNC(=NCc2ccccc2)NCc2nnc(C)n2C)c(OC)c1.I. The molecule has 31 heavy (non-hydrogen) atoms. The van der Waals surface area contributed by atoms with Gasteiger partial charge in [0.15, 0.2) is 11.8 Å². The summed E-state index contributed by atoms with van der Waals surface area (Å²) < 4.78 is 12.7. The Morgan fingerprint density at radius 3 is 2.39 bits per heavy atom. The summed E-state index contributed by atoms with van der Waals surface area (Å²) in [5.74, 6) is 3.89. The van der Waals surface area contributed by atoms with Gasteiger partial charge >= 0.3 is 0 Å². The predicted molar refractivity (Wildman–Crippen MR) is 132 cm³/mol. The van der Waals surface area contributed by atoms with Crippen molar-refractivity contribution in [2.45, 2.75) is 26.6 Å². The first-order valence-corrected chi connectivity index (χ1v) is 9.72. The minimum atomic E-state index is 0. The zero-order chi connectivity index (χ0) is 21.3. The summed E-state index contributed by atoms with van der Waals surface area (Å²) in [7, 11) is 5.24. The Hall–Kier alpha value is -2.82. The molecule has 9 heteroatoms. The molecule has 0 spiro atoms. The van der Waals surface area contributed by atoms with Crippen molar-refractivity contribution in [2.24, 2.45) is 12.0 Å². The smallest absolute Gasteiger partial charge is 0.192 e. The number of benzene rings is 2. The van der Waals surface area contributed by atoms with Crippen molar-refractivity contribution in [3.05, 3.63) is 71.3 Å². The summed E-state index contributed by atoms with van der Waals surface area (Å²) >= 11 is 0. The van der Waals surface area contributed by atoms with Crippen LogP contribution >= 0.6 is 24.0 Å². The zero-order valence-electron chi connectivity index (χ0n) is 18.3. The lowest BCUT2D eigenvalue weighted by Gasteiger charge is -2.15. The van der Waals surface area contributed by atoms with E-state index in [1.165, 1.54) is 0 Å². The van der Waals surface area contributed by atoms with Crippen LogP contribution in [0, 0.1) is 6.92 Å². The van der Waals surface area contributed by atoms with Crippen LogP contribution in [0.1, 0.15) is 22.8 Å². The van der Waals surface area contributed by atoms with Crippen LogP contribution in [0.25, 0.3) is 0 Å². The van der Waals surface area contributed by atoms with Crippen LogP contribution in [0.15, 0.2) is 53.5 Å². The highest BCUT2D eigenvalue weighted by Gasteiger charge is 2.09. The van der Waals surface area contributed by atoms with Crippen LogP contribution in [0.2, 0.25) is 0 Å². The molecule has 0 amide bonds. The maximum Gasteiger partial charge on any atom is 0.192 e. The average Bonchev–Trinajstić information content (AvgIpc) is 3.11. The van der Waals surface area contributed by atoms with Gasteiger partial charge in [0.1, 0.15) is 17.3 Å². The minimum absolute atomic E-state index is 0.